The number of ether oxygens (including phenoxy) is 3. The van der Waals surface area contributed by atoms with Crippen LogP contribution in [0.2, 0.25) is 0 Å². The van der Waals surface area contributed by atoms with Crippen LogP contribution in [-0.2, 0) is 22.6 Å². The van der Waals surface area contributed by atoms with Gasteiger partial charge in [-0.05, 0) is 75.4 Å². The molecular formula is C32H25BrN2O5S. The van der Waals surface area contributed by atoms with Crippen molar-refractivity contribution in [3.8, 4) is 23.6 Å². The summed E-state index contributed by atoms with van der Waals surface area (Å²) in [5.41, 5.74) is 2.18. The summed E-state index contributed by atoms with van der Waals surface area (Å²) in [7, 11) is 1.51. The molecule has 0 saturated heterocycles. The molecule has 4 rings (SSSR count). The van der Waals surface area contributed by atoms with E-state index in [1.54, 1.807) is 26.0 Å². The number of halogens is 1. The largest absolute Gasteiger partial charge is 0.493 e. The number of rotatable bonds is 10. The van der Waals surface area contributed by atoms with Gasteiger partial charge in [0, 0.05) is 11.3 Å². The predicted molar refractivity (Wildman–Crippen MR) is 161 cm³/mol. The standard InChI is InChI=1S/C32H25BrN2O5S/c1-4-39-32(37)31-19(2)25(17-35)29(41-31)15-27(36)23(16-34)12-20-13-26(33)30(28(14-20)38-3)40-18-22-10-7-9-21-8-5-6-11-24(21)22/h5-14H,4,15,18H2,1-3H3/b23-12+. The van der Waals surface area contributed by atoms with Gasteiger partial charge >= 0.3 is 5.97 Å². The third-order valence-corrected chi connectivity index (χ3v) is 8.21. The SMILES string of the molecule is CCOC(=O)c1sc(CC(=O)/C(C#N)=C/c2cc(Br)c(OCc3cccc4ccccc34)c(OC)c2)c(C#N)c1C. The fraction of sp³-hybridized carbons (Fsp3) is 0.188. The summed E-state index contributed by atoms with van der Waals surface area (Å²) >= 11 is 4.58. The maximum Gasteiger partial charge on any atom is 0.348 e. The highest BCUT2D eigenvalue weighted by Gasteiger charge is 2.23. The molecule has 0 aliphatic carbocycles. The van der Waals surface area contributed by atoms with Crippen molar-refractivity contribution in [1.82, 2.24) is 0 Å². The van der Waals surface area contributed by atoms with E-state index in [0.717, 1.165) is 27.7 Å². The number of benzene rings is 3. The van der Waals surface area contributed by atoms with E-state index in [9.17, 15) is 20.1 Å². The van der Waals surface area contributed by atoms with Crippen molar-refractivity contribution < 1.29 is 23.8 Å². The maximum atomic E-state index is 13.1. The highest BCUT2D eigenvalue weighted by Crippen LogP contribution is 2.38. The monoisotopic (exact) mass is 628 g/mol. The van der Waals surface area contributed by atoms with Gasteiger partial charge in [-0.1, -0.05) is 42.5 Å². The fourth-order valence-electron chi connectivity index (χ4n) is 4.35. The van der Waals surface area contributed by atoms with Crippen LogP contribution >= 0.6 is 27.3 Å². The summed E-state index contributed by atoms with van der Waals surface area (Å²) in [6, 6.07) is 21.5. The fourth-order valence-corrected chi connectivity index (χ4v) is 6.07. The first kappa shape index (κ1) is 29.5. The van der Waals surface area contributed by atoms with Gasteiger partial charge in [-0.25, -0.2) is 4.79 Å². The molecule has 9 heteroatoms. The summed E-state index contributed by atoms with van der Waals surface area (Å²) in [4.78, 5) is 26.1. The first-order valence-corrected chi connectivity index (χ1v) is 14.2. The van der Waals surface area contributed by atoms with Crippen LogP contribution in [0.1, 0.15) is 43.7 Å². The molecule has 1 aromatic heterocycles. The third-order valence-electron chi connectivity index (χ3n) is 6.35. The van der Waals surface area contributed by atoms with E-state index < -0.39 is 11.8 Å². The Morgan fingerprint density at radius 3 is 2.56 bits per heavy atom. The van der Waals surface area contributed by atoms with Crippen LogP contribution in [0.4, 0.5) is 0 Å². The lowest BCUT2D eigenvalue weighted by Gasteiger charge is -2.15. The molecule has 3 aromatic carbocycles. The zero-order valence-corrected chi connectivity index (χ0v) is 25.0. The van der Waals surface area contributed by atoms with E-state index in [1.807, 2.05) is 48.5 Å². The van der Waals surface area contributed by atoms with Gasteiger partial charge in [-0.3, -0.25) is 4.79 Å². The highest BCUT2D eigenvalue weighted by molar-refractivity contribution is 9.10. The van der Waals surface area contributed by atoms with Crippen molar-refractivity contribution in [2.75, 3.05) is 13.7 Å². The van der Waals surface area contributed by atoms with Gasteiger partial charge < -0.3 is 14.2 Å². The number of esters is 1. The summed E-state index contributed by atoms with van der Waals surface area (Å²) < 4.78 is 17.4. The third kappa shape index (κ3) is 6.49. The van der Waals surface area contributed by atoms with Gasteiger partial charge in [0.1, 0.15) is 23.6 Å². The second-order valence-electron chi connectivity index (χ2n) is 8.92. The van der Waals surface area contributed by atoms with Crippen LogP contribution in [-0.4, -0.2) is 25.5 Å². The predicted octanol–water partition coefficient (Wildman–Crippen LogP) is 7.33. The van der Waals surface area contributed by atoms with E-state index in [0.29, 0.717) is 38.6 Å². The summed E-state index contributed by atoms with van der Waals surface area (Å²) in [5.74, 6) is -0.107. The molecule has 0 N–H and O–H groups in total. The van der Waals surface area contributed by atoms with Crippen molar-refractivity contribution in [1.29, 1.82) is 10.5 Å². The number of ketones is 1. The number of Topliss-reactive ketones (excluding diaryl/α,β-unsaturated/α-hetero) is 1. The van der Waals surface area contributed by atoms with Gasteiger partial charge in [0.15, 0.2) is 17.3 Å². The minimum Gasteiger partial charge on any atom is -0.493 e. The second kappa shape index (κ2) is 13.3. The zero-order valence-electron chi connectivity index (χ0n) is 22.6. The number of allylic oxidation sites excluding steroid dienone is 1. The molecule has 0 fully saturated rings. The van der Waals surface area contributed by atoms with Crippen molar-refractivity contribution in [2.45, 2.75) is 26.9 Å². The Kier molecular flexibility index (Phi) is 9.57. The lowest BCUT2D eigenvalue weighted by Crippen LogP contribution is -2.05. The Bertz CT molecular complexity index is 1760. The van der Waals surface area contributed by atoms with Gasteiger partial charge in [0.05, 0.1) is 29.3 Å². The molecule has 0 spiro atoms. The minimum absolute atomic E-state index is 0.101. The van der Waals surface area contributed by atoms with Crippen LogP contribution in [0.15, 0.2) is 64.6 Å². The Hall–Kier alpha value is -4.44. The van der Waals surface area contributed by atoms with E-state index in [-0.39, 0.29) is 29.0 Å². The molecule has 7 nitrogen and oxygen atoms in total. The molecule has 1 heterocycles. The summed E-state index contributed by atoms with van der Waals surface area (Å²) in [6.45, 7) is 3.84. The van der Waals surface area contributed by atoms with E-state index in [4.69, 9.17) is 14.2 Å². The average molecular weight is 630 g/mol. The minimum atomic E-state index is -0.541. The molecule has 0 aliphatic heterocycles. The maximum absolute atomic E-state index is 13.1. The average Bonchev–Trinajstić information content (AvgIpc) is 3.29. The lowest BCUT2D eigenvalue weighted by atomic mass is 10.0. The van der Waals surface area contributed by atoms with Gasteiger partial charge in [-0.15, -0.1) is 11.3 Å². The molecule has 0 amide bonds. The molecule has 0 aliphatic rings. The summed E-state index contributed by atoms with van der Waals surface area (Å²) in [5, 5.41) is 21.6. The van der Waals surface area contributed by atoms with Crippen LogP contribution in [0.5, 0.6) is 11.5 Å². The zero-order chi connectivity index (χ0) is 29.5. The molecular weight excluding hydrogens is 604 g/mol. The number of fused-ring (bicyclic) bond motifs is 1. The van der Waals surface area contributed by atoms with Gasteiger partial charge in [0.2, 0.25) is 0 Å². The first-order chi connectivity index (χ1) is 19.8. The van der Waals surface area contributed by atoms with Crippen molar-refractivity contribution in [2.24, 2.45) is 0 Å². The molecule has 0 saturated carbocycles. The molecule has 206 valence electrons. The van der Waals surface area contributed by atoms with Crippen LogP contribution < -0.4 is 9.47 Å². The van der Waals surface area contributed by atoms with Crippen LogP contribution in [0.3, 0.4) is 0 Å². The molecule has 0 atom stereocenters. The Morgan fingerprint density at radius 2 is 1.85 bits per heavy atom. The topological polar surface area (TPSA) is 109 Å². The lowest BCUT2D eigenvalue weighted by molar-refractivity contribution is -0.114. The molecule has 41 heavy (non-hydrogen) atoms. The molecule has 0 unspecified atom stereocenters. The Balaban J connectivity index is 1.58. The number of nitriles is 2. The second-order valence-corrected chi connectivity index (χ2v) is 10.9. The number of methoxy groups -OCH3 is 1. The highest BCUT2D eigenvalue weighted by atomic mass is 79.9. The van der Waals surface area contributed by atoms with E-state index in [1.165, 1.54) is 13.2 Å². The number of hydrogen-bond donors (Lipinski definition) is 0. The van der Waals surface area contributed by atoms with Crippen molar-refractivity contribution in [3.63, 3.8) is 0 Å². The van der Waals surface area contributed by atoms with Crippen LogP contribution in [0, 0.1) is 29.6 Å². The quantitative estimate of drug-likeness (QED) is 0.103. The number of thiophene rings is 1. The molecule has 4 aromatic rings. The van der Waals surface area contributed by atoms with Gasteiger partial charge in [-0.2, -0.15) is 10.5 Å². The number of carbonyl (C=O) groups excluding carboxylic acids is 2. The summed E-state index contributed by atoms with van der Waals surface area (Å²) in [6.07, 6.45) is 1.26. The van der Waals surface area contributed by atoms with E-state index in [2.05, 4.69) is 22.0 Å². The normalized spacial score (nSPS) is 11.0. The Labute approximate surface area is 250 Å². The van der Waals surface area contributed by atoms with Crippen molar-refractivity contribution >= 4 is 55.9 Å². The molecule has 0 bridgehead atoms. The molecule has 0 radical (unpaired) electrons. The van der Waals surface area contributed by atoms with E-state index >= 15 is 0 Å². The number of nitrogens with zero attached hydrogens (tertiary/aromatic N) is 2. The smallest absolute Gasteiger partial charge is 0.348 e. The van der Waals surface area contributed by atoms with Crippen molar-refractivity contribution in [3.05, 3.63) is 96.7 Å². The Morgan fingerprint density at radius 1 is 1.10 bits per heavy atom. The van der Waals surface area contributed by atoms with Gasteiger partial charge in [0.25, 0.3) is 0 Å². The van der Waals surface area contributed by atoms with Crippen LogP contribution in [0.25, 0.3) is 16.8 Å². The number of hydrogen-bond acceptors (Lipinski definition) is 8. The number of carbonyl (C=O) groups is 2. The first-order valence-electron chi connectivity index (χ1n) is 12.6.